The molecular weight excluding hydrogens is 240 g/mol. The Labute approximate surface area is 115 Å². The summed E-state index contributed by atoms with van der Waals surface area (Å²) in [6.07, 6.45) is 2.98. The molecule has 1 atom stereocenters. The first kappa shape index (κ1) is 15.7. The van der Waals surface area contributed by atoms with Crippen molar-refractivity contribution in [3.05, 3.63) is 29.8 Å². The number of rotatable bonds is 8. The van der Waals surface area contributed by atoms with Crippen LogP contribution in [0, 0.1) is 0 Å². The molecule has 1 rings (SSSR count). The van der Waals surface area contributed by atoms with Gasteiger partial charge in [0, 0.05) is 25.3 Å². The molecule has 3 N–H and O–H groups in total. The van der Waals surface area contributed by atoms with Gasteiger partial charge < -0.3 is 15.7 Å². The highest BCUT2D eigenvalue weighted by molar-refractivity contribution is 5.88. The van der Waals surface area contributed by atoms with Crippen LogP contribution < -0.4 is 10.6 Å². The highest BCUT2D eigenvalue weighted by Crippen LogP contribution is 2.17. The Kier molecular flexibility index (Phi) is 7.15. The van der Waals surface area contributed by atoms with Crippen LogP contribution in [0.15, 0.2) is 24.3 Å². The third-order valence-corrected chi connectivity index (χ3v) is 2.99. The molecule has 1 unspecified atom stereocenters. The monoisotopic (exact) mass is 264 g/mol. The Bertz CT molecular complexity index is 393. The van der Waals surface area contributed by atoms with E-state index in [-0.39, 0.29) is 18.6 Å². The van der Waals surface area contributed by atoms with Gasteiger partial charge in [-0.2, -0.15) is 0 Å². The summed E-state index contributed by atoms with van der Waals surface area (Å²) in [5.74, 6) is -0.0539. The van der Waals surface area contributed by atoms with Gasteiger partial charge in [0.1, 0.15) is 0 Å². The summed E-state index contributed by atoms with van der Waals surface area (Å²) in [4.78, 5) is 11.0. The van der Waals surface area contributed by atoms with E-state index in [4.69, 9.17) is 5.11 Å². The normalized spacial score (nSPS) is 12.2. The lowest BCUT2D eigenvalue weighted by Crippen LogP contribution is -2.20. The van der Waals surface area contributed by atoms with Gasteiger partial charge in [-0.1, -0.05) is 12.1 Å². The largest absolute Gasteiger partial charge is 0.396 e. The number of nitrogens with one attached hydrogen (secondary N) is 2. The van der Waals surface area contributed by atoms with E-state index in [0.29, 0.717) is 0 Å². The predicted molar refractivity (Wildman–Crippen MR) is 78.1 cm³/mol. The van der Waals surface area contributed by atoms with Crippen molar-refractivity contribution in [3.8, 4) is 0 Å². The van der Waals surface area contributed by atoms with Crippen LogP contribution in [0.25, 0.3) is 0 Å². The van der Waals surface area contributed by atoms with Gasteiger partial charge in [0.2, 0.25) is 5.91 Å². The fourth-order valence-electron chi connectivity index (χ4n) is 1.94. The third kappa shape index (κ3) is 6.36. The van der Waals surface area contributed by atoms with E-state index in [9.17, 15) is 4.79 Å². The molecule has 0 heterocycles. The van der Waals surface area contributed by atoms with Crippen LogP contribution in [0.5, 0.6) is 0 Å². The minimum absolute atomic E-state index is 0.0539. The lowest BCUT2D eigenvalue weighted by atomic mass is 10.1. The number of carbonyl (C=O) groups is 1. The molecule has 106 valence electrons. The van der Waals surface area contributed by atoms with Crippen LogP contribution in [0.4, 0.5) is 5.69 Å². The molecule has 1 aromatic rings. The maximum atomic E-state index is 11.0. The van der Waals surface area contributed by atoms with Crippen molar-refractivity contribution in [3.63, 3.8) is 0 Å². The number of amides is 1. The molecule has 0 aliphatic rings. The minimum atomic E-state index is -0.0539. The second-order valence-corrected chi connectivity index (χ2v) is 4.77. The molecule has 1 aromatic carbocycles. The topological polar surface area (TPSA) is 61.4 Å². The van der Waals surface area contributed by atoms with E-state index in [1.807, 2.05) is 18.2 Å². The summed E-state index contributed by atoms with van der Waals surface area (Å²) in [6.45, 7) is 4.83. The van der Waals surface area contributed by atoms with Crippen LogP contribution >= 0.6 is 0 Å². The molecule has 1 amide bonds. The fourth-order valence-corrected chi connectivity index (χ4v) is 1.94. The summed E-state index contributed by atoms with van der Waals surface area (Å²) in [6, 6.07) is 8.13. The van der Waals surface area contributed by atoms with Gasteiger partial charge in [-0.3, -0.25) is 4.79 Å². The molecule has 0 aliphatic carbocycles. The molecule has 4 heteroatoms. The van der Waals surface area contributed by atoms with Crippen LogP contribution in [-0.4, -0.2) is 24.2 Å². The second kappa shape index (κ2) is 8.67. The van der Waals surface area contributed by atoms with E-state index < -0.39 is 0 Å². The standard InChI is InChI=1S/C15H24N2O2/c1-12(16-9-4-3-5-10-18)14-7-6-8-15(11-14)17-13(2)19/h6-8,11-12,16,18H,3-5,9-10H2,1-2H3,(H,17,19). The van der Waals surface area contributed by atoms with Gasteiger partial charge in [-0.25, -0.2) is 0 Å². The lowest BCUT2D eigenvalue weighted by Gasteiger charge is -2.15. The van der Waals surface area contributed by atoms with Crippen molar-refractivity contribution in [1.29, 1.82) is 0 Å². The van der Waals surface area contributed by atoms with Crippen molar-refractivity contribution >= 4 is 11.6 Å². The Hall–Kier alpha value is -1.39. The quantitative estimate of drug-likeness (QED) is 0.632. The highest BCUT2D eigenvalue weighted by Gasteiger charge is 2.05. The number of aliphatic hydroxyl groups excluding tert-OH is 1. The Morgan fingerprint density at radius 3 is 2.79 bits per heavy atom. The minimum Gasteiger partial charge on any atom is -0.396 e. The van der Waals surface area contributed by atoms with Gasteiger partial charge >= 0.3 is 0 Å². The number of hydrogen-bond donors (Lipinski definition) is 3. The highest BCUT2D eigenvalue weighted by atomic mass is 16.2. The maximum Gasteiger partial charge on any atom is 0.221 e. The van der Waals surface area contributed by atoms with E-state index in [1.54, 1.807) is 0 Å². The Balaban J connectivity index is 2.43. The van der Waals surface area contributed by atoms with Gasteiger partial charge in [-0.05, 0) is 50.4 Å². The molecule has 0 bridgehead atoms. The van der Waals surface area contributed by atoms with E-state index >= 15 is 0 Å². The Morgan fingerprint density at radius 1 is 1.32 bits per heavy atom. The second-order valence-electron chi connectivity index (χ2n) is 4.77. The first-order valence-electron chi connectivity index (χ1n) is 6.85. The van der Waals surface area contributed by atoms with Crippen molar-refractivity contribution in [1.82, 2.24) is 5.32 Å². The number of aliphatic hydroxyl groups is 1. The summed E-state index contributed by atoms with van der Waals surface area (Å²) in [5, 5.41) is 14.9. The van der Waals surface area contributed by atoms with Gasteiger partial charge in [0.05, 0.1) is 0 Å². The number of benzene rings is 1. The van der Waals surface area contributed by atoms with Crippen molar-refractivity contribution < 1.29 is 9.90 Å². The smallest absolute Gasteiger partial charge is 0.221 e. The number of unbranched alkanes of at least 4 members (excludes halogenated alkanes) is 2. The van der Waals surface area contributed by atoms with E-state index in [1.165, 1.54) is 6.92 Å². The predicted octanol–water partition coefficient (Wildman–Crippen LogP) is 2.46. The average Bonchev–Trinajstić information content (AvgIpc) is 2.38. The Morgan fingerprint density at radius 2 is 2.11 bits per heavy atom. The molecule has 0 radical (unpaired) electrons. The van der Waals surface area contributed by atoms with Crippen molar-refractivity contribution in [2.24, 2.45) is 0 Å². The van der Waals surface area contributed by atoms with Crippen LogP contribution in [0.3, 0.4) is 0 Å². The van der Waals surface area contributed by atoms with Gasteiger partial charge in [0.25, 0.3) is 0 Å². The molecule has 19 heavy (non-hydrogen) atoms. The van der Waals surface area contributed by atoms with Gasteiger partial charge in [-0.15, -0.1) is 0 Å². The zero-order valence-corrected chi connectivity index (χ0v) is 11.8. The number of anilines is 1. The van der Waals surface area contributed by atoms with Crippen molar-refractivity contribution in [2.75, 3.05) is 18.5 Å². The average molecular weight is 264 g/mol. The van der Waals surface area contributed by atoms with Crippen LogP contribution in [-0.2, 0) is 4.79 Å². The van der Waals surface area contributed by atoms with Crippen molar-refractivity contribution in [2.45, 2.75) is 39.2 Å². The molecule has 0 spiro atoms. The molecular formula is C15H24N2O2. The summed E-state index contributed by atoms with van der Waals surface area (Å²) < 4.78 is 0. The molecule has 0 aliphatic heterocycles. The van der Waals surface area contributed by atoms with E-state index in [0.717, 1.165) is 37.1 Å². The maximum absolute atomic E-state index is 11.0. The molecule has 0 saturated carbocycles. The summed E-state index contributed by atoms with van der Waals surface area (Å²) in [5.41, 5.74) is 1.99. The van der Waals surface area contributed by atoms with Crippen LogP contribution in [0.2, 0.25) is 0 Å². The molecule has 4 nitrogen and oxygen atoms in total. The molecule has 0 fully saturated rings. The summed E-state index contributed by atoms with van der Waals surface area (Å²) >= 11 is 0. The fraction of sp³-hybridized carbons (Fsp3) is 0.533. The third-order valence-electron chi connectivity index (χ3n) is 2.99. The number of carbonyl (C=O) groups excluding carboxylic acids is 1. The summed E-state index contributed by atoms with van der Waals surface area (Å²) in [7, 11) is 0. The first-order valence-corrected chi connectivity index (χ1v) is 6.85. The zero-order chi connectivity index (χ0) is 14.1. The SMILES string of the molecule is CC(=O)Nc1cccc(C(C)NCCCCCO)c1. The van der Waals surface area contributed by atoms with Gasteiger partial charge in [0.15, 0.2) is 0 Å². The molecule has 0 saturated heterocycles. The zero-order valence-electron chi connectivity index (χ0n) is 11.8. The van der Waals surface area contributed by atoms with Crippen LogP contribution in [0.1, 0.15) is 44.7 Å². The van der Waals surface area contributed by atoms with E-state index in [2.05, 4.69) is 23.6 Å². The first-order chi connectivity index (χ1) is 9.13. The lowest BCUT2D eigenvalue weighted by molar-refractivity contribution is -0.114. The number of hydrogen-bond acceptors (Lipinski definition) is 3. The molecule has 0 aromatic heterocycles.